The number of piperidine rings is 1. The van der Waals surface area contributed by atoms with E-state index < -0.39 is 24.6 Å². The minimum absolute atomic E-state index is 0.0116. The Balaban J connectivity index is 1.87. The van der Waals surface area contributed by atoms with E-state index in [1.807, 2.05) is 0 Å². The summed E-state index contributed by atoms with van der Waals surface area (Å²) in [6.07, 6.45) is 1.70. The minimum Gasteiger partial charge on any atom is -0.392 e. The molecular weight excluding hydrogens is 330 g/mol. The molecule has 130 valence electrons. The van der Waals surface area contributed by atoms with Gasteiger partial charge in [-0.2, -0.15) is 0 Å². The van der Waals surface area contributed by atoms with Gasteiger partial charge in [0.25, 0.3) is 5.56 Å². The van der Waals surface area contributed by atoms with Gasteiger partial charge in [-0.05, 0) is 50.4 Å². The second-order valence-corrected chi connectivity index (χ2v) is 6.65. The normalized spacial score (nSPS) is 25.0. The highest BCUT2D eigenvalue weighted by atomic mass is 35.5. The Labute approximate surface area is 149 Å². The van der Waals surface area contributed by atoms with Crippen LogP contribution in [0.15, 0.2) is 23.3 Å². The van der Waals surface area contributed by atoms with Crippen molar-refractivity contribution in [2.45, 2.75) is 50.9 Å². The fraction of sp³-hybridized carbons (Fsp3) is 0.529. The molecule has 1 aromatic carbocycles. The standard InChI is InChI=1S/C17H22ClN3O3/c1-10-5-11(18)6-13-16(10)20-9-21(17(13)24)8-12(22)7-14-15(23)3-2-4-19-14/h5-6,9,12,14-15,19,22-23H,2-4,7-8H2,1H3/t12-,14+,15-/m0/s1/i1D3. The van der Waals surface area contributed by atoms with Gasteiger partial charge in [0.15, 0.2) is 0 Å². The molecule has 1 aliphatic heterocycles. The fourth-order valence-electron chi connectivity index (χ4n) is 3.14. The maximum absolute atomic E-state index is 12.8. The number of fused-ring (bicyclic) bond motifs is 1. The van der Waals surface area contributed by atoms with Crippen molar-refractivity contribution in [1.82, 2.24) is 14.9 Å². The van der Waals surface area contributed by atoms with Crippen LogP contribution in [-0.2, 0) is 6.54 Å². The first-order chi connectivity index (χ1) is 12.7. The average Bonchev–Trinajstić information content (AvgIpc) is 2.58. The summed E-state index contributed by atoms with van der Waals surface area (Å²) < 4.78 is 24.1. The highest BCUT2D eigenvalue weighted by Crippen LogP contribution is 2.19. The predicted molar refractivity (Wildman–Crippen MR) is 93.4 cm³/mol. The quantitative estimate of drug-likeness (QED) is 0.768. The largest absolute Gasteiger partial charge is 0.392 e. The average molecular weight is 355 g/mol. The zero-order valence-electron chi connectivity index (χ0n) is 16.1. The molecule has 0 aliphatic carbocycles. The van der Waals surface area contributed by atoms with Crippen LogP contribution in [0.4, 0.5) is 0 Å². The third-order valence-electron chi connectivity index (χ3n) is 4.37. The third kappa shape index (κ3) is 3.62. The van der Waals surface area contributed by atoms with Crippen molar-refractivity contribution in [3.8, 4) is 0 Å². The SMILES string of the molecule is [2H]C([2H])([2H])c1cc(Cl)cc2c(=O)n(C[C@@H](O)C[C@H]3NCCC[C@@H]3O)cnc12. The van der Waals surface area contributed by atoms with Crippen LogP contribution in [0, 0.1) is 6.85 Å². The maximum atomic E-state index is 12.8. The van der Waals surface area contributed by atoms with Crippen LogP contribution in [0.1, 0.15) is 28.9 Å². The van der Waals surface area contributed by atoms with Crippen LogP contribution in [0.25, 0.3) is 10.9 Å². The number of aliphatic hydroxyl groups is 2. The van der Waals surface area contributed by atoms with Crippen molar-refractivity contribution in [3.05, 3.63) is 39.4 Å². The summed E-state index contributed by atoms with van der Waals surface area (Å²) in [5.41, 5.74) is -0.465. The zero-order valence-corrected chi connectivity index (χ0v) is 13.8. The monoisotopic (exact) mass is 354 g/mol. The van der Waals surface area contributed by atoms with Crippen molar-refractivity contribution in [2.75, 3.05) is 6.54 Å². The molecule has 3 rings (SSSR count). The maximum Gasteiger partial charge on any atom is 0.261 e. The third-order valence-corrected chi connectivity index (χ3v) is 4.59. The summed E-state index contributed by atoms with van der Waals surface area (Å²) in [7, 11) is 0. The Morgan fingerprint density at radius 2 is 2.42 bits per heavy atom. The van der Waals surface area contributed by atoms with Gasteiger partial charge in [-0.25, -0.2) is 4.98 Å². The topological polar surface area (TPSA) is 87.4 Å². The highest BCUT2D eigenvalue weighted by Gasteiger charge is 2.25. The Hall–Kier alpha value is -1.47. The van der Waals surface area contributed by atoms with E-state index in [0.29, 0.717) is 12.8 Å². The highest BCUT2D eigenvalue weighted by molar-refractivity contribution is 6.31. The molecule has 0 spiro atoms. The molecule has 0 bridgehead atoms. The second-order valence-electron chi connectivity index (χ2n) is 6.21. The number of aromatic nitrogens is 2. The van der Waals surface area contributed by atoms with Gasteiger partial charge in [-0.3, -0.25) is 9.36 Å². The zero-order chi connectivity index (χ0) is 19.8. The van der Waals surface area contributed by atoms with E-state index in [-0.39, 0.29) is 34.1 Å². The molecule has 1 aromatic heterocycles. The van der Waals surface area contributed by atoms with Gasteiger partial charge in [0.05, 0.1) is 36.0 Å². The molecule has 0 radical (unpaired) electrons. The van der Waals surface area contributed by atoms with Gasteiger partial charge in [0.1, 0.15) is 0 Å². The van der Waals surface area contributed by atoms with Gasteiger partial charge in [0, 0.05) is 15.2 Å². The molecule has 2 aromatic rings. The van der Waals surface area contributed by atoms with Crippen molar-refractivity contribution in [2.24, 2.45) is 0 Å². The second kappa shape index (κ2) is 7.19. The first kappa shape index (κ1) is 13.8. The van der Waals surface area contributed by atoms with Gasteiger partial charge in [-0.15, -0.1) is 0 Å². The summed E-state index contributed by atoms with van der Waals surface area (Å²) in [6, 6.07) is 2.45. The molecule has 1 saturated heterocycles. The summed E-state index contributed by atoms with van der Waals surface area (Å²) >= 11 is 5.99. The van der Waals surface area contributed by atoms with Crippen molar-refractivity contribution < 1.29 is 14.3 Å². The number of hydrogen-bond acceptors (Lipinski definition) is 5. The van der Waals surface area contributed by atoms with Crippen LogP contribution in [0.3, 0.4) is 0 Å². The van der Waals surface area contributed by atoms with Crippen LogP contribution in [0.2, 0.25) is 5.02 Å². The van der Waals surface area contributed by atoms with Crippen molar-refractivity contribution in [3.63, 3.8) is 0 Å². The molecule has 1 aliphatic rings. The van der Waals surface area contributed by atoms with Gasteiger partial charge in [0.2, 0.25) is 0 Å². The molecule has 0 saturated carbocycles. The summed E-state index contributed by atoms with van der Waals surface area (Å²) in [4.78, 5) is 16.9. The number of halogens is 1. The number of aliphatic hydroxyl groups excluding tert-OH is 2. The predicted octanol–water partition coefficient (Wildman–Crippen LogP) is 1.22. The summed E-state index contributed by atoms with van der Waals surface area (Å²) in [5, 5.41) is 23.8. The van der Waals surface area contributed by atoms with E-state index >= 15 is 0 Å². The first-order valence-electron chi connectivity index (χ1n) is 9.45. The molecule has 7 heteroatoms. The van der Waals surface area contributed by atoms with Crippen LogP contribution < -0.4 is 10.9 Å². The number of nitrogens with zero attached hydrogens (tertiary/aromatic N) is 2. The van der Waals surface area contributed by atoms with E-state index in [1.165, 1.54) is 23.0 Å². The van der Waals surface area contributed by atoms with E-state index in [1.54, 1.807) is 0 Å². The molecule has 3 atom stereocenters. The Morgan fingerprint density at radius 1 is 1.58 bits per heavy atom. The van der Waals surface area contributed by atoms with Gasteiger partial charge >= 0.3 is 0 Å². The molecule has 24 heavy (non-hydrogen) atoms. The van der Waals surface area contributed by atoms with E-state index in [2.05, 4.69) is 10.3 Å². The lowest BCUT2D eigenvalue weighted by molar-refractivity contribution is 0.0539. The molecule has 1 fully saturated rings. The lowest BCUT2D eigenvalue weighted by Gasteiger charge is -2.30. The van der Waals surface area contributed by atoms with Crippen LogP contribution >= 0.6 is 11.6 Å². The van der Waals surface area contributed by atoms with E-state index in [4.69, 9.17) is 15.7 Å². The number of hydrogen-bond donors (Lipinski definition) is 3. The van der Waals surface area contributed by atoms with Crippen molar-refractivity contribution in [1.29, 1.82) is 0 Å². The van der Waals surface area contributed by atoms with E-state index in [9.17, 15) is 15.0 Å². The fourth-order valence-corrected chi connectivity index (χ4v) is 3.36. The molecule has 2 heterocycles. The summed E-state index contributed by atoms with van der Waals surface area (Å²) in [6.45, 7) is -1.68. The number of nitrogens with one attached hydrogen (secondary N) is 1. The lowest BCUT2D eigenvalue weighted by atomic mass is 9.96. The Morgan fingerprint density at radius 3 is 3.17 bits per heavy atom. The first-order valence-corrected chi connectivity index (χ1v) is 8.33. The Bertz CT molecular complexity index is 887. The van der Waals surface area contributed by atoms with Crippen molar-refractivity contribution >= 4 is 22.5 Å². The van der Waals surface area contributed by atoms with Crippen LogP contribution in [0.5, 0.6) is 0 Å². The molecule has 0 unspecified atom stereocenters. The smallest absolute Gasteiger partial charge is 0.261 e. The number of aryl methyl sites for hydroxylation is 1. The number of benzene rings is 1. The van der Waals surface area contributed by atoms with Gasteiger partial charge in [-0.1, -0.05) is 11.6 Å². The lowest BCUT2D eigenvalue weighted by Crippen LogP contribution is -2.47. The molecular formula is C17H22ClN3O3. The molecule has 3 N–H and O–H groups in total. The van der Waals surface area contributed by atoms with Gasteiger partial charge < -0.3 is 15.5 Å². The number of rotatable bonds is 4. The van der Waals surface area contributed by atoms with Crippen LogP contribution in [-0.4, -0.2) is 44.6 Å². The molecule has 6 nitrogen and oxygen atoms in total. The summed E-state index contributed by atoms with van der Waals surface area (Å²) in [5.74, 6) is 0. The molecule has 0 amide bonds. The minimum atomic E-state index is -2.45. The van der Waals surface area contributed by atoms with E-state index in [0.717, 1.165) is 13.0 Å². The Kier molecular flexibility index (Phi) is 4.13.